The molecule has 0 atom stereocenters. The molecule has 2 aromatic heterocycles. The number of fused-ring (bicyclic) bond motifs is 1. The molecule has 4 rings (SSSR count). The molecule has 12 nitrogen and oxygen atoms in total. The number of hydrogen-bond acceptors (Lipinski definition) is 11. The molecular formula is C18H16N6O6S3. The van der Waals surface area contributed by atoms with Gasteiger partial charge in [0.25, 0.3) is 20.0 Å². The van der Waals surface area contributed by atoms with E-state index in [0.29, 0.717) is 5.52 Å². The minimum atomic E-state index is -4.04. The van der Waals surface area contributed by atoms with Crippen LogP contribution in [0.1, 0.15) is 0 Å². The molecule has 0 aliphatic heterocycles. The number of nitrogens with one attached hydrogen (secondary N) is 2. The van der Waals surface area contributed by atoms with Gasteiger partial charge in [0.05, 0.1) is 30.8 Å². The van der Waals surface area contributed by atoms with Crippen molar-refractivity contribution < 1.29 is 26.3 Å². The standard InChI is InChI=1S/C18H16N6O6S3/c1-29-16-10-15(19-18(20-16)30-2)24-32(25,26)12-8-6-11(7-9-12)23-33(27,28)14-5-3-4-13-17(14)22-31-21-13/h3-10,23H,1-2H3,(H,19,20,24). The second kappa shape index (κ2) is 8.76. The van der Waals surface area contributed by atoms with Crippen molar-refractivity contribution in [1.82, 2.24) is 18.7 Å². The molecule has 33 heavy (non-hydrogen) atoms. The maximum Gasteiger partial charge on any atom is 0.321 e. The predicted molar refractivity (Wildman–Crippen MR) is 121 cm³/mol. The van der Waals surface area contributed by atoms with E-state index in [9.17, 15) is 16.8 Å². The first-order chi connectivity index (χ1) is 15.7. The average molecular weight is 509 g/mol. The summed E-state index contributed by atoms with van der Waals surface area (Å²) in [5.74, 6) is 0.0445. The summed E-state index contributed by atoms with van der Waals surface area (Å²) in [5, 5.41) is 0. The second-order valence-corrected chi connectivity index (χ2v) is 10.3. The monoisotopic (exact) mass is 508 g/mol. The first kappa shape index (κ1) is 22.6. The van der Waals surface area contributed by atoms with Gasteiger partial charge in [-0.3, -0.25) is 9.44 Å². The Morgan fingerprint density at radius 1 is 0.848 bits per heavy atom. The predicted octanol–water partition coefficient (Wildman–Crippen LogP) is 2.10. The van der Waals surface area contributed by atoms with E-state index in [-0.39, 0.29) is 38.7 Å². The molecule has 0 radical (unpaired) electrons. The molecule has 0 aliphatic rings. The highest BCUT2D eigenvalue weighted by molar-refractivity contribution is 7.93. The van der Waals surface area contributed by atoms with E-state index >= 15 is 0 Å². The number of anilines is 2. The van der Waals surface area contributed by atoms with Gasteiger partial charge >= 0.3 is 6.01 Å². The van der Waals surface area contributed by atoms with E-state index in [1.807, 2.05) is 0 Å². The van der Waals surface area contributed by atoms with E-state index in [1.165, 1.54) is 50.6 Å². The van der Waals surface area contributed by atoms with Crippen molar-refractivity contribution in [1.29, 1.82) is 0 Å². The number of benzene rings is 2. The Bertz CT molecular complexity index is 1500. The fourth-order valence-electron chi connectivity index (χ4n) is 2.76. The molecule has 0 saturated heterocycles. The molecule has 0 amide bonds. The first-order valence-electron chi connectivity index (χ1n) is 9.06. The third-order valence-corrected chi connectivity index (χ3v) is 7.59. The van der Waals surface area contributed by atoms with Gasteiger partial charge in [-0.05, 0) is 36.4 Å². The number of ether oxygens (including phenoxy) is 2. The van der Waals surface area contributed by atoms with Gasteiger partial charge in [0.15, 0.2) is 5.82 Å². The SMILES string of the molecule is COc1cc(NS(=O)(=O)c2ccc(NS(=O)(=O)c3cccc4nsnc34)cc2)nc(OC)n1. The van der Waals surface area contributed by atoms with Gasteiger partial charge in [0.1, 0.15) is 15.9 Å². The Balaban J connectivity index is 1.56. The summed E-state index contributed by atoms with van der Waals surface area (Å²) >= 11 is 0.909. The molecule has 4 aromatic rings. The molecule has 2 aromatic carbocycles. The number of rotatable bonds is 8. The van der Waals surface area contributed by atoms with Crippen LogP contribution in [-0.4, -0.2) is 49.8 Å². The number of methoxy groups -OCH3 is 2. The summed E-state index contributed by atoms with van der Waals surface area (Å²) < 4.78 is 73.8. The van der Waals surface area contributed by atoms with Crippen LogP contribution in [0.15, 0.2) is 58.3 Å². The van der Waals surface area contributed by atoms with Crippen molar-refractivity contribution in [3.05, 3.63) is 48.5 Å². The molecular weight excluding hydrogens is 492 g/mol. The maximum absolute atomic E-state index is 12.8. The summed E-state index contributed by atoms with van der Waals surface area (Å²) in [7, 11) is -5.32. The van der Waals surface area contributed by atoms with Gasteiger partial charge in [-0.25, -0.2) is 16.8 Å². The summed E-state index contributed by atoms with van der Waals surface area (Å²) in [6.07, 6.45) is 0. The summed E-state index contributed by atoms with van der Waals surface area (Å²) in [4.78, 5) is 7.67. The molecule has 2 N–H and O–H groups in total. The fourth-order valence-corrected chi connectivity index (χ4v) is 5.58. The van der Waals surface area contributed by atoms with Crippen LogP contribution in [0.3, 0.4) is 0 Å². The zero-order valence-electron chi connectivity index (χ0n) is 17.1. The van der Waals surface area contributed by atoms with Crippen molar-refractivity contribution >= 4 is 54.3 Å². The highest BCUT2D eigenvalue weighted by Crippen LogP contribution is 2.25. The zero-order valence-corrected chi connectivity index (χ0v) is 19.5. The van der Waals surface area contributed by atoms with Gasteiger partial charge < -0.3 is 9.47 Å². The van der Waals surface area contributed by atoms with Gasteiger partial charge in [-0.2, -0.15) is 18.7 Å². The first-order valence-corrected chi connectivity index (χ1v) is 12.8. The van der Waals surface area contributed by atoms with Crippen LogP contribution < -0.4 is 18.9 Å². The Labute approximate surface area is 193 Å². The molecule has 0 unspecified atom stereocenters. The Hall–Kier alpha value is -3.56. The number of aromatic nitrogens is 4. The lowest BCUT2D eigenvalue weighted by atomic mass is 10.3. The number of nitrogens with zero attached hydrogens (tertiary/aromatic N) is 4. The lowest BCUT2D eigenvalue weighted by Gasteiger charge is -2.11. The summed E-state index contributed by atoms with van der Waals surface area (Å²) in [6, 6.07) is 11.0. The highest BCUT2D eigenvalue weighted by atomic mass is 32.2. The smallest absolute Gasteiger partial charge is 0.321 e. The normalized spacial score (nSPS) is 11.8. The van der Waals surface area contributed by atoms with Crippen LogP contribution in [0.2, 0.25) is 0 Å². The quantitative estimate of drug-likeness (QED) is 0.360. The van der Waals surface area contributed by atoms with E-state index in [1.54, 1.807) is 12.1 Å². The topological polar surface area (TPSA) is 162 Å². The van der Waals surface area contributed by atoms with Crippen LogP contribution in [-0.2, 0) is 20.0 Å². The second-order valence-electron chi connectivity index (χ2n) is 6.41. The highest BCUT2D eigenvalue weighted by Gasteiger charge is 2.21. The van der Waals surface area contributed by atoms with E-state index < -0.39 is 20.0 Å². The van der Waals surface area contributed by atoms with E-state index in [2.05, 4.69) is 28.2 Å². The summed E-state index contributed by atoms with van der Waals surface area (Å²) in [5.41, 5.74) is 0.891. The van der Waals surface area contributed by atoms with Crippen molar-refractivity contribution in [3.63, 3.8) is 0 Å². The molecule has 0 fully saturated rings. The van der Waals surface area contributed by atoms with Crippen molar-refractivity contribution in [2.75, 3.05) is 23.7 Å². The minimum Gasteiger partial charge on any atom is -0.481 e. The van der Waals surface area contributed by atoms with Crippen LogP contribution >= 0.6 is 11.7 Å². The lowest BCUT2D eigenvalue weighted by Crippen LogP contribution is -2.15. The molecule has 172 valence electrons. The molecule has 0 bridgehead atoms. The molecule has 0 saturated carbocycles. The van der Waals surface area contributed by atoms with Gasteiger partial charge in [0, 0.05) is 11.8 Å². The third-order valence-electron chi connectivity index (χ3n) is 4.27. The van der Waals surface area contributed by atoms with Crippen molar-refractivity contribution in [3.8, 4) is 11.9 Å². The van der Waals surface area contributed by atoms with Crippen molar-refractivity contribution in [2.24, 2.45) is 0 Å². The minimum absolute atomic E-state index is 0.0289. The number of hydrogen-bond donors (Lipinski definition) is 2. The van der Waals surface area contributed by atoms with E-state index in [4.69, 9.17) is 9.47 Å². The molecule has 0 aliphatic carbocycles. The lowest BCUT2D eigenvalue weighted by molar-refractivity contribution is 0.353. The molecule has 15 heteroatoms. The third kappa shape index (κ3) is 4.79. The number of sulfonamides is 2. The van der Waals surface area contributed by atoms with Crippen LogP contribution in [0.5, 0.6) is 11.9 Å². The zero-order chi connectivity index (χ0) is 23.6. The fraction of sp³-hybridized carbons (Fsp3) is 0.111. The van der Waals surface area contributed by atoms with Crippen LogP contribution in [0, 0.1) is 0 Å². The molecule has 0 spiro atoms. The van der Waals surface area contributed by atoms with Gasteiger partial charge in [0.2, 0.25) is 5.88 Å². The Kier molecular flexibility index (Phi) is 6.01. The maximum atomic E-state index is 12.8. The summed E-state index contributed by atoms with van der Waals surface area (Å²) in [6.45, 7) is 0. The van der Waals surface area contributed by atoms with E-state index in [0.717, 1.165) is 11.7 Å². The van der Waals surface area contributed by atoms with Gasteiger partial charge in [-0.15, -0.1) is 0 Å². The van der Waals surface area contributed by atoms with Gasteiger partial charge in [-0.1, -0.05) is 6.07 Å². The Morgan fingerprint density at radius 2 is 1.61 bits per heavy atom. The van der Waals surface area contributed by atoms with Crippen molar-refractivity contribution in [2.45, 2.75) is 9.79 Å². The van der Waals surface area contributed by atoms with Crippen LogP contribution in [0.25, 0.3) is 11.0 Å². The Morgan fingerprint density at radius 3 is 2.30 bits per heavy atom. The molecule has 2 heterocycles. The average Bonchev–Trinajstić information content (AvgIpc) is 3.27. The largest absolute Gasteiger partial charge is 0.481 e. The van der Waals surface area contributed by atoms with Crippen LogP contribution in [0.4, 0.5) is 11.5 Å².